The zero-order chi connectivity index (χ0) is 16.3. The standard InChI is InChI=1S/C13H9Br2F2NO3S/c14-8-5-6-9(15)12(7-8)22(19,20)18-10-3-1-2-4-11(10)21-13(16)17/h1-7,13,18H. The minimum absolute atomic E-state index is 0.0336. The number of hydrogen-bond acceptors (Lipinski definition) is 3. The van der Waals surface area contributed by atoms with E-state index in [-0.39, 0.29) is 16.3 Å². The van der Waals surface area contributed by atoms with Crippen LogP contribution in [0.25, 0.3) is 0 Å². The fraction of sp³-hybridized carbons (Fsp3) is 0.0769. The Labute approximate surface area is 142 Å². The van der Waals surface area contributed by atoms with Crippen molar-refractivity contribution in [1.82, 2.24) is 0 Å². The summed E-state index contributed by atoms with van der Waals surface area (Å²) in [5.41, 5.74) is -0.0744. The van der Waals surface area contributed by atoms with Crippen LogP contribution in [-0.4, -0.2) is 15.0 Å². The number of sulfonamides is 1. The second-order valence-electron chi connectivity index (χ2n) is 4.05. The number of benzene rings is 2. The number of alkyl halides is 2. The Morgan fingerprint density at radius 3 is 2.45 bits per heavy atom. The second kappa shape index (κ2) is 6.93. The lowest BCUT2D eigenvalue weighted by Crippen LogP contribution is -2.15. The van der Waals surface area contributed by atoms with Gasteiger partial charge in [0.2, 0.25) is 0 Å². The molecule has 0 atom stereocenters. The zero-order valence-corrected chi connectivity index (χ0v) is 14.8. The van der Waals surface area contributed by atoms with Gasteiger partial charge < -0.3 is 4.74 Å². The highest BCUT2D eigenvalue weighted by Gasteiger charge is 2.20. The molecule has 0 saturated carbocycles. The average Bonchev–Trinajstić information content (AvgIpc) is 2.43. The van der Waals surface area contributed by atoms with Gasteiger partial charge in [-0.1, -0.05) is 28.1 Å². The fourth-order valence-corrected chi connectivity index (χ4v) is 4.21. The third kappa shape index (κ3) is 4.17. The molecule has 0 amide bonds. The first-order valence-electron chi connectivity index (χ1n) is 5.81. The van der Waals surface area contributed by atoms with Gasteiger partial charge in [-0.05, 0) is 46.3 Å². The number of anilines is 1. The summed E-state index contributed by atoms with van der Waals surface area (Å²) in [5, 5.41) is 0. The number of hydrogen-bond donors (Lipinski definition) is 1. The van der Waals surface area contributed by atoms with Gasteiger partial charge in [0.15, 0.2) is 0 Å². The van der Waals surface area contributed by atoms with Gasteiger partial charge in [0.05, 0.1) is 5.69 Å². The molecular weight excluding hydrogens is 448 g/mol. The van der Waals surface area contributed by atoms with Gasteiger partial charge in [0.1, 0.15) is 10.6 Å². The smallest absolute Gasteiger partial charge is 0.387 e. The molecule has 0 bridgehead atoms. The van der Waals surface area contributed by atoms with E-state index in [2.05, 4.69) is 41.3 Å². The Bertz CT molecular complexity index is 785. The summed E-state index contributed by atoms with van der Waals surface area (Å²) in [6, 6.07) is 10.2. The van der Waals surface area contributed by atoms with Crippen molar-refractivity contribution in [1.29, 1.82) is 0 Å². The summed E-state index contributed by atoms with van der Waals surface area (Å²) in [6.07, 6.45) is 0. The van der Waals surface area contributed by atoms with E-state index in [9.17, 15) is 17.2 Å². The predicted octanol–water partition coefficient (Wildman–Crippen LogP) is 4.61. The van der Waals surface area contributed by atoms with Crippen molar-refractivity contribution in [3.05, 3.63) is 51.4 Å². The van der Waals surface area contributed by atoms with Crippen LogP contribution in [0.2, 0.25) is 0 Å². The van der Waals surface area contributed by atoms with Crippen LogP contribution in [0, 0.1) is 0 Å². The molecule has 4 nitrogen and oxygen atoms in total. The van der Waals surface area contributed by atoms with Crippen LogP contribution in [0.3, 0.4) is 0 Å². The minimum Gasteiger partial charge on any atom is -0.433 e. The average molecular weight is 457 g/mol. The maximum absolute atomic E-state index is 12.4. The molecule has 9 heteroatoms. The van der Waals surface area contributed by atoms with Crippen molar-refractivity contribution < 1.29 is 21.9 Å². The van der Waals surface area contributed by atoms with Crippen molar-refractivity contribution >= 4 is 47.6 Å². The fourth-order valence-electron chi connectivity index (χ4n) is 1.63. The van der Waals surface area contributed by atoms with E-state index in [1.807, 2.05) is 0 Å². The molecule has 0 aliphatic heterocycles. The molecule has 0 saturated heterocycles. The molecule has 2 aromatic carbocycles. The Kier molecular flexibility index (Phi) is 5.41. The van der Waals surface area contributed by atoms with Gasteiger partial charge in [0.25, 0.3) is 10.0 Å². The number of halogens is 4. The predicted molar refractivity (Wildman–Crippen MR) is 85.7 cm³/mol. The number of rotatable bonds is 5. The Balaban J connectivity index is 2.39. The lowest BCUT2D eigenvalue weighted by Gasteiger charge is -2.14. The van der Waals surface area contributed by atoms with Gasteiger partial charge >= 0.3 is 6.61 Å². The first kappa shape index (κ1) is 17.2. The van der Waals surface area contributed by atoms with Crippen molar-refractivity contribution in [3.8, 4) is 5.75 Å². The molecule has 0 fully saturated rings. The molecule has 0 unspecified atom stereocenters. The number of para-hydroxylation sites is 2. The molecule has 0 radical (unpaired) electrons. The molecule has 0 aliphatic rings. The highest BCUT2D eigenvalue weighted by molar-refractivity contribution is 9.11. The molecule has 2 aromatic rings. The summed E-state index contributed by atoms with van der Waals surface area (Å²) in [5.74, 6) is -0.257. The maximum Gasteiger partial charge on any atom is 0.387 e. The minimum atomic E-state index is -3.98. The van der Waals surface area contributed by atoms with Crippen LogP contribution in [0.15, 0.2) is 56.3 Å². The van der Waals surface area contributed by atoms with Gasteiger partial charge in [0, 0.05) is 8.95 Å². The SMILES string of the molecule is O=S(=O)(Nc1ccccc1OC(F)F)c1cc(Br)ccc1Br. The summed E-state index contributed by atoms with van der Waals surface area (Å²) in [7, 11) is -3.98. The summed E-state index contributed by atoms with van der Waals surface area (Å²) in [4.78, 5) is -0.0336. The van der Waals surface area contributed by atoms with Crippen molar-refractivity contribution in [3.63, 3.8) is 0 Å². The number of nitrogens with one attached hydrogen (secondary N) is 1. The van der Waals surface area contributed by atoms with E-state index in [1.165, 1.54) is 30.3 Å². The van der Waals surface area contributed by atoms with E-state index in [0.717, 1.165) is 0 Å². The molecule has 118 valence electrons. The first-order valence-corrected chi connectivity index (χ1v) is 8.88. The van der Waals surface area contributed by atoms with Crippen LogP contribution in [-0.2, 0) is 10.0 Å². The first-order chi connectivity index (χ1) is 10.3. The molecule has 0 aliphatic carbocycles. The van der Waals surface area contributed by atoms with E-state index in [0.29, 0.717) is 8.95 Å². The maximum atomic E-state index is 12.4. The second-order valence-corrected chi connectivity index (χ2v) is 7.48. The summed E-state index contributed by atoms with van der Waals surface area (Å²) >= 11 is 6.33. The normalized spacial score (nSPS) is 11.5. The topological polar surface area (TPSA) is 55.4 Å². The van der Waals surface area contributed by atoms with Crippen molar-refractivity contribution in [2.45, 2.75) is 11.5 Å². The third-order valence-electron chi connectivity index (χ3n) is 2.53. The highest BCUT2D eigenvalue weighted by atomic mass is 79.9. The van der Waals surface area contributed by atoms with Crippen LogP contribution >= 0.6 is 31.9 Å². The molecular formula is C13H9Br2F2NO3S. The van der Waals surface area contributed by atoms with Gasteiger partial charge in [-0.2, -0.15) is 8.78 Å². The highest BCUT2D eigenvalue weighted by Crippen LogP contribution is 2.31. The van der Waals surface area contributed by atoms with Crippen LogP contribution in [0.1, 0.15) is 0 Å². The van der Waals surface area contributed by atoms with Crippen molar-refractivity contribution in [2.75, 3.05) is 4.72 Å². The quantitative estimate of drug-likeness (QED) is 0.714. The molecule has 0 heterocycles. The summed E-state index contributed by atoms with van der Waals surface area (Å²) in [6.45, 7) is -3.05. The Morgan fingerprint density at radius 2 is 1.77 bits per heavy atom. The van der Waals surface area contributed by atoms with E-state index >= 15 is 0 Å². The third-order valence-corrected chi connectivity index (χ3v) is 5.38. The Hall–Kier alpha value is -1.19. The van der Waals surface area contributed by atoms with Crippen molar-refractivity contribution in [2.24, 2.45) is 0 Å². The molecule has 1 N–H and O–H groups in total. The lowest BCUT2D eigenvalue weighted by molar-refractivity contribution is -0.0493. The van der Waals surface area contributed by atoms with Crippen LogP contribution < -0.4 is 9.46 Å². The lowest BCUT2D eigenvalue weighted by atomic mass is 10.3. The monoisotopic (exact) mass is 455 g/mol. The molecule has 0 spiro atoms. The van der Waals surface area contributed by atoms with Gasteiger partial charge in [-0.15, -0.1) is 0 Å². The molecule has 2 rings (SSSR count). The largest absolute Gasteiger partial charge is 0.433 e. The zero-order valence-electron chi connectivity index (χ0n) is 10.8. The van der Waals surface area contributed by atoms with E-state index in [1.54, 1.807) is 12.1 Å². The van der Waals surface area contributed by atoms with Crippen LogP contribution in [0.4, 0.5) is 14.5 Å². The van der Waals surface area contributed by atoms with Crippen LogP contribution in [0.5, 0.6) is 5.75 Å². The summed E-state index contributed by atoms with van der Waals surface area (Å²) < 4.78 is 57.0. The number of ether oxygens (including phenoxy) is 1. The van der Waals surface area contributed by atoms with E-state index in [4.69, 9.17) is 0 Å². The van der Waals surface area contributed by atoms with E-state index < -0.39 is 16.6 Å². The van der Waals surface area contributed by atoms with Gasteiger partial charge in [-0.3, -0.25) is 4.72 Å². The van der Waals surface area contributed by atoms with Gasteiger partial charge in [-0.25, -0.2) is 8.42 Å². The Morgan fingerprint density at radius 1 is 1.09 bits per heavy atom. The molecule has 22 heavy (non-hydrogen) atoms. The molecule has 0 aromatic heterocycles.